The lowest BCUT2D eigenvalue weighted by Crippen LogP contribution is -2.15. The summed E-state index contributed by atoms with van der Waals surface area (Å²) >= 11 is 0. The van der Waals surface area contributed by atoms with Gasteiger partial charge in [0.1, 0.15) is 11.2 Å². The van der Waals surface area contributed by atoms with Gasteiger partial charge >= 0.3 is 0 Å². The van der Waals surface area contributed by atoms with Crippen molar-refractivity contribution < 1.29 is 4.42 Å². The Morgan fingerprint density at radius 2 is 0.905 bits per heavy atom. The second kappa shape index (κ2) is 13.4. The molecule has 63 heavy (non-hydrogen) atoms. The van der Waals surface area contributed by atoms with Crippen molar-refractivity contribution in [1.82, 2.24) is 0 Å². The van der Waals surface area contributed by atoms with E-state index in [4.69, 9.17) is 4.42 Å². The molecule has 11 aromatic rings. The molecule has 0 bridgehead atoms. The van der Waals surface area contributed by atoms with E-state index in [0.29, 0.717) is 0 Å². The molecular weight excluding hydrogens is 763 g/mol. The second-order valence-electron chi connectivity index (χ2n) is 18.8. The summed E-state index contributed by atoms with van der Waals surface area (Å²) in [5.41, 5.74) is 23.3. The number of nitrogens with zero attached hydrogens (tertiary/aromatic N) is 1. The zero-order chi connectivity index (χ0) is 43.1. The van der Waals surface area contributed by atoms with E-state index in [1.807, 2.05) is 0 Å². The topological polar surface area (TPSA) is 16.4 Å². The highest BCUT2D eigenvalue weighted by atomic mass is 16.3. The second-order valence-corrected chi connectivity index (χ2v) is 18.8. The van der Waals surface area contributed by atoms with Gasteiger partial charge in [0.25, 0.3) is 0 Å². The predicted molar refractivity (Wildman–Crippen MR) is 269 cm³/mol. The van der Waals surface area contributed by atoms with E-state index in [2.05, 4.69) is 212 Å². The Balaban J connectivity index is 1.27. The van der Waals surface area contributed by atoms with E-state index in [9.17, 15) is 0 Å². The van der Waals surface area contributed by atoms with Crippen molar-refractivity contribution in [3.63, 3.8) is 0 Å². The highest BCUT2D eigenvalue weighted by Crippen LogP contribution is 2.57. The Kier molecular flexibility index (Phi) is 8.01. The number of anilines is 3. The molecular formula is C61H49NO. The van der Waals surface area contributed by atoms with Gasteiger partial charge in [0.15, 0.2) is 0 Å². The van der Waals surface area contributed by atoms with Gasteiger partial charge in [-0.1, -0.05) is 110 Å². The lowest BCUT2D eigenvalue weighted by molar-refractivity contribution is 0.661. The quantitative estimate of drug-likeness (QED) is 0.161. The summed E-state index contributed by atoms with van der Waals surface area (Å²) in [5.74, 6) is 0. The Morgan fingerprint density at radius 3 is 1.51 bits per heavy atom. The summed E-state index contributed by atoms with van der Waals surface area (Å²) in [5, 5.41) is 9.88. The molecule has 0 aliphatic heterocycles. The van der Waals surface area contributed by atoms with Gasteiger partial charge in [-0.25, -0.2) is 0 Å². The summed E-state index contributed by atoms with van der Waals surface area (Å²) < 4.78 is 7.31. The molecule has 1 heterocycles. The molecule has 1 aliphatic carbocycles. The van der Waals surface area contributed by atoms with Crippen LogP contribution in [-0.4, -0.2) is 0 Å². The maximum Gasteiger partial charge on any atom is 0.143 e. The largest absolute Gasteiger partial charge is 0.455 e. The molecule has 0 unspecified atom stereocenters. The van der Waals surface area contributed by atoms with E-state index in [1.54, 1.807) is 0 Å². The molecule has 1 aromatic heterocycles. The summed E-state index contributed by atoms with van der Waals surface area (Å²) in [4.78, 5) is 2.31. The number of rotatable bonds is 5. The molecule has 0 fully saturated rings. The molecule has 0 spiro atoms. The van der Waals surface area contributed by atoms with Crippen molar-refractivity contribution in [3.8, 4) is 33.4 Å². The van der Waals surface area contributed by atoms with Crippen molar-refractivity contribution in [1.29, 1.82) is 0 Å². The van der Waals surface area contributed by atoms with Crippen molar-refractivity contribution in [3.05, 3.63) is 196 Å². The number of furan rings is 1. The van der Waals surface area contributed by atoms with Gasteiger partial charge in [-0.2, -0.15) is 0 Å². The van der Waals surface area contributed by atoms with Crippen LogP contribution in [0.2, 0.25) is 0 Å². The molecule has 12 rings (SSSR count). The fourth-order valence-electron chi connectivity index (χ4n) is 11.9. The number of hydrogen-bond donors (Lipinski definition) is 0. The van der Waals surface area contributed by atoms with E-state index in [0.717, 1.165) is 44.4 Å². The smallest absolute Gasteiger partial charge is 0.143 e. The zero-order valence-electron chi connectivity index (χ0n) is 37.3. The Labute approximate surface area is 369 Å². The van der Waals surface area contributed by atoms with Crippen LogP contribution in [0.4, 0.5) is 17.1 Å². The third kappa shape index (κ3) is 5.37. The van der Waals surface area contributed by atoms with E-state index < -0.39 is 0 Å². The van der Waals surface area contributed by atoms with Crippen LogP contribution in [0.15, 0.2) is 156 Å². The fourth-order valence-corrected chi connectivity index (χ4v) is 11.9. The van der Waals surface area contributed by atoms with E-state index in [1.165, 1.54) is 105 Å². The molecule has 0 amide bonds. The van der Waals surface area contributed by atoms with Crippen LogP contribution in [0.1, 0.15) is 58.4 Å². The highest BCUT2D eigenvalue weighted by Gasteiger charge is 2.38. The van der Waals surface area contributed by atoms with Crippen molar-refractivity contribution in [2.24, 2.45) is 0 Å². The number of para-hydroxylation sites is 2. The normalized spacial score (nSPS) is 13.2. The van der Waals surface area contributed by atoms with Crippen LogP contribution in [0, 0.1) is 41.5 Å². The molecule has 304 valence electrons. The molecule has 2 nitrogen and oxygen atoms in total. The first-order chi connectivity index (χ1) is 30.5. The molecule has 0 atom stereocenters. The van der Waals surface area contributed by atoms with E-state index >= 15 is 0 Å². The van der Waals surface area contributed by atoms with E-state index in [-0.39, 0.29) is 5.41 Å². The molecule has 2 heteroatoms. The van der Waals surface area contributed by atoms with Gasteiger partial charge in [-0.05, 0) is 191 Å². The van der Waals surface area contributed by atoms with Crippen LogP contribution in [-0.2, 0) is 5.41 Å². The maximum absolute atomic E-state index is 7.31. The van der Waals surface area contributed by atoms with Crippen LogP contribution < -0.4 is 4.90 Å². The minimum absolute atomic E-state index is 0.169. The highest BCUT2D eigenvalue weighted by molar-refractivity contribution is 6.36. The van der Waals surface area contributed by atoms with Gasteiger partial charge in [-0.15, -0.1) is 0 Å². The first-order valence-electron chi connectivity index (χ1n) is 22.3. The Bertz CT molecular complexity index is 3610. The molecule has 0 N–H and O–H groups in total. The molecule has 10 aromatic carbocycles. The van der Waals surface area contributed by atoms with Crippen molar-refractivity contribution in [2.45, 2.75) is 60.8 Å². The lowest BCUT2D eigenvalue weighted by Gasteiger charge is -2.25. The fraction of sp³-hybridized carbons (Fsp3) is 0.148. The molecule has 0 saturated heterocycles. The maximum atomic E-state index is 7.31. The van der Waals surface area contributed by atoms with Crippen LogP contribution in [0.3, 0.4) is 0 Å². The standard InChI is InChI=1S/C61H49NO/c1-34-25-36(3)55(37(4)26-34)45-31-50-57-44-21-15-16-22-52(44)61(7,8)53(57)33-48-46(56-38(5)27-35(2)28-39(56)6)32-51-59(58(48)50)47(45)30-49-43-24-23-42(29-54(43)63-60(49)51)62(40-17-11-9-12-18-40)41-19-13-10-14-20-41/h9-33H,1-8H3. The molecule has 1 aliphatic rings. The van der Waals surface area contributed by atoms with Crippen LogP contribution in [0.5, 0.6) is 0 Å². The Morgan fingerprint density at radius 1 is 0.381 bits per heavy atom. The molecule has 0 radical (unpaired) electrons. The van der Waals surface area contributed by atoms with Crippen LogP contribution >= 0.6 is 0 Å². The third-order valence-electron chi connectivity index (χ3n) is 14.3. The average molecular weight is 812 g/mol. The lowest BCUT2D eigenvalue weighted by atomic mass is 9.77. The van der Waals surface area contributed by atoms with Gasteiger partial charge in [-0.3, -0.25) is 0 Å². The summed E-state index contributed by atoms with van der Waals surface area (Å²) in [6.07, 6.45) is 0. The minimum Gasteiger partial charge on any atom is -0.455 e. The first-order valence-corrected chi connectivity index (χ1v) is 22.3. The number of benzene rings is 10. The minimum atomic E-state index is -0.169. The van der Waals surface area contributed by atoms with Crippen molar-refractivity contribution in [2.75, 3.05) is 4.90 Å². The summed E-state index contributed by atoms with van der Waals surface area (Å²) in [6.45, 7) is 18.4. The monoisotopic (exact) mass is 811 g/mol. The number of aryl methyl sites for hydroxylation is 6. The van der Waals surface area contributed by atoms with Gasteiger partial charge in [0.2, 0.25) is 0 Å². The summed E-state index contributed by atoms with van der Waals surface area (Å²) in [7, 11) is 0. The Hall–Kier alpha value is -7.16. The summed E-state index contributed by atoms with van der Waals surface area (Å²) in [6, 6.07) is 56.6. The molecule has 0 saturated carbocycles. The number of fused-ring (bicyclic) bond motifs is 8. The van der Waals surface area contributed by atoms with Crippen molar-refractivity contribution >= 4 is 71.3 Å². The van der Waals surface area contributed by atoms with Crippen LogP contribution in [0.25, 0.3) is 87.6 Å². The van der Waals surface area contributed by atoms with Gasteiger partial charge < -0.3 is 9.32 Å². The van der Waals surface area contributed by atoms with Gasteiger partial charge in [0, 0.05) is 50.1 Å². The zero-order valence-corrected chi connectivity index (χ0v) is 37.3. The first kappa shape index (κ1) is 37.6. The SMILES string of the molecule is Cc1cc(C)c(-c2cc3c4oc5cc(N(c6ccccc6)c6ccccc6)ccc5c4cc4c(-c5c(C)cc(C)cc5C)cc5c6c(cc2c5c43)C(C)(C)c2ccccc2-6)c(C)c1. The predicted octanol–water partition coefficient (Wildman–Crippen LogP) is 17.4. The van der Waals surface area contributed by atoms with Gasteiger partial charge in [0.05, 0.1) is 0 Å². The number of hydrogen-bond acceptors (Lipinski definition) is 2. The third-order valence-corrected chi connectivity index (χ3v) is 14.3. The average Bonchev–Trinajstić information content (AvgIpc) is 3.74.